The van der Waals surface area contributed by atoms with E-state index < -0.39 is 5.41 Å². The van der Waals surface area contributed by atoms with Crippen molar-refractivity contribution in [3.63, 3.8) is 0 Å². The molecule has 10 nitrogen and oxygen atoms in total. The number of rotatable bonds is 11. The molecule has 1 atom stereocenters. The first-order valence-electron chi connectivity index (χ1n) is 32.0. The van der Waals surface area contributed by atoms with E-state index in [0.717, 1.165) is 128 Å². The van der Waals surface area contributed by atoms with Crippen LogP contribution < -0.4 is 0 Å². The lowest BCUT2D eigenvalue weighted by Crippen LogP contribution is -2.29. The number of nitrogens with zero attached hydrogens (tertiary/aromatic N) is 10. The van der Waals surface area contributed by atoms with E-state index in [0.29, 0.717) is 23.4 Å². The quantitative estimate of drug-likeness (QED) is 0.125. The predicted octanol–water partition coefficient (Wildman–Crippen LogP) is 19.3. The van der Waals surface area contributed by atoms with Gasteiger partial charge in [-0.1, -0.05) is 238 Å². The van der Waals surface area contributed by atoms with Gasteiger partial charge in [0.05, 0.1) is 45.4 Å². The molecule has 6 heterocycles. The van der Waals surface area contributed by atoms with Gasteiger partial charge in [-0.3, -0.25) is 9.97 Å². The molecule has 10 heteroatoms. The van der Waals surface area contributed by atoms with Crippen molar-refractivity contribution in [1.82, 2.24) is 49.7 Å². The lowest BCUT2D eigenvalue weighted by Gasteiger charge is -2.34. The Kier molecular flexibility index (Phi) is 12.9. The molecule has 6 aromatic heterocycles. The van der Waals surface area contributed by atoms with Gasteiger partial charge in [-0.05, 0) is 116 Å². The van der Waals surface area contributed by atoms with E-state index in [1.165, 1.54) is 22.3 Å². The summed E-state index contributed by atoms with van der Waals surface area (Å²) in [6.07, 6.45) is 7.82. The van der Waals surface area contributed by atoms with Gasteiger partial charge in [-0.25, -0.2) is 29.9 Å². The minimum absolute atomic E-state index is 0.245. The molecule has 18 rings (SSSR count). The highest BCUT2D eigenvalue weighted by molar-refractivity contribution is 6.04. The Morgan fingerprint density at radius 1 is 0.337 bits per heavy atom. The van der Waals surface area contributed by atoms with Crippen LogP contribution in [0.4, 0.5) is 0 Å². The molecule has 0 saturated heterocycles. The van der Waals surface area contributed by atoms with Gasteiger partial charge in [0.1, 0.15) is 0 Å². The Labute approximate surface area is 548 Å². The second-order valence-electron chi connectivity index (χ2n) is 24.9. The van der Waals surface area contributed by atoms with Crippen LogP contribution in [0.25, 0.3) is 140 Å². The number of fused-ring (bicyclic) bond motifs is 9. The molecule has 2 aliphatic rings. The number of benzene rings is 10. The highest BCUT2D eigenvalue weighted by Gasteiger charge is 2.50. The average molecular weight is 1220 g/mol. The van der Waals surface area contributed by atoms with Crippen LogP contribution in [0.2, 0.25) is 0 Å². The van der Waals surface area contributed by atoms with Crippen molar-refractivity contribution in [2.45, 2.75) is 24.7 Å². The van der Waals surface area contributed by atoms with E-state index in [-0.39, 0.29) is 5.41 Å². The van der Waals surface area contributed by atoms with Gasteiger partial charge in [-0.2, -0.15) is 9.78 Å². The monoisotopic (exact) mass is 1220 g/mol. The molecule has 446 valence electrons. The Bertz CT molecular complexity index is 5620. The van der Waals surface area contributed by atoms with E-state index >= 15 is 0 Å². The zero-order valence-electron chi connectivity index (χ0n) is 51.8. The van der Waals surface area contributed by atoms with Gasteiger partial charge in [0, 0.05) is 79.3 Å². The second kappa shape index (κ2) is 22.1. The SMILES string of the molecule is CC1(C)c2ccccc2-c2ccc(-c3cc4c(c(-c5ccccc5)n3)-c3ccc5c(cnn5-c5nc(-c6ccccc6)c6ccccc6n5)c3C4(c3ccc(-c4cccc(-c5nc(-c6ccccc6)nc(-c6ccccc6)n5)c4)nc3)c3cccc(-c4ccncc4)c3)cc21. The Balaban J connectivity index is 0.896. The third kappa shape index (κ3) is 9.05. The summed E-state index contributed by atoms with van der Waals surface area (Å²) in [6, 6.07) is 97.9. The minimum Gasteiger partial charge on any atom is -0.265 e. The van der Waals surface area contributed by atoms with Crippen LogP contribution in [0.3, 0.4) is 0 Å². The molecule has 0 fully saturated rings. The van der Waals surface area contributed by atoms with Crippen molar-refractivity contribution in [2.75, 3.05) is 0 Å². The predicted molar refractivity (Wildman–Crippen MR) is 379 cm³/mol. The molecule has 0 amide bonds. The lowest BCUT2D eigenvalue weighted by atomic mass is 9.66. The average Bonchev–Trinajstić information content (AvgIpc) is 1.52. The molecule has 0 aliphatic heterocycles. The summed E-state index contributed by atoms with van der Waals surface area (Å²) in [4.78, 5) is 41.8. The van der Waals surface area contributed by atoms with Crippen LogP contribution in [0.5, 0.6) is 0 Å². The van der Waals surface area contributed by atoms with Crippen molar-refractivity contribution in [1.29, 1.82) is 0 Å². The molecule has 2 aliphatic carbocycles. The first-order valence-corrected chi connectivity index (χ1v) is 32.0. The van der Waals surface area contributed by atoms with Crippen molar-refractivity contribution < 1.29 is 0 Å². The summed E-state index contributed by atoms with van der Waals surface area (Å²) < 4.78 is 1.91. The third-order valence-corrected chi connectivity index (χ3v) is 19.2. The summed E-state index contributed by atoms with van der Waals surface area (Å²) in [5, 5.41) is 7.24. The van der Waals surface area contributed by atoms with E-state index in [1.807, 2.05) is 120 Å². The minimum atomic E-state index is -1.08. The third-order valence-electron chi connectivity index (χ3n) is 19.2. The summed E-state index contributed by atoms with van der Waals surface area (Å²) in [5.74, 6) is 2.22. The van der Waals surface area contributed by atoms with Crippen LogP contribution in [0.15, 0.2) is 304 Å². The van der Waals surface area contributed by atoms with Gasteiger partial charge in [0.25, 0.3) is 5.95 Å². The Hall–Kier alpha value is -12.5. The normalized spacial score (nSPS) is 14.1. The van der Waals surface area contributed by atoms with E-state index in [4.69, 9.17) is 40.0 Å². The number of aromatic nitrogens is 10. The van der Waals surface area contributed by atoms with E-state index in [1.54, 1.807) is 0 Å². The maximum Gasteiger partial charge on any atom is 0.252 e. The maximum atomic E-state index is 5.88. The Morgan fingerprint density at radius 2 is 0.937 bits per heavy atom. The summed E-state index contributed by atoms with van der Waals surface area (Å²) in [6.45, 7) is 4.68. The fraction of sp³-hybridized carbons (Fsp3) is 0.0471. The zero-order valence-corrected chi connectivity index (χ0v) is 51.8. The van der Waals surface area contributed by atoms with Crippen LogP contribution in [0, 0.1) is 0 Å². The molecule has 10 aromatic carbocycles. The van der Waals surface area contributed by atoms with Crippen LogP contribution >= 0.6 is 0 Å². The zero-order chi connectivity index (χ0) is 63.2. The van der Waals surface area contributed by atoms with Crippen LogP contribution in [0.1, 0.15) is 47.2 Å². The smallest absolute Gasteiger partial charge is 0.252 e. The maximum absolute atomic E-state index is 5.88. The van der Waals surface area contributed by atoms with Crippen LogP contribution in [-0.2, 0) is 10.8 Å². The molecule has 1 unspecified atom stereocenters. The fourth-order valence-corrected chi connectivity index (χ4v) is 14.7. The topological polar surface area (TPSA) is 121 Å². The second-order valence-corrected chi connectivity index (χ2v) is 24.9. The lowest BCUT2D eigenvalue weighted by molar-refractivity contribution is 0.660. The van der Waals surface area contributed by atoms with Crippen molar-refractivity contribution >= 4 is 21.8 Å². The molecule has 16 aromatic rings. The molecule has 0 bridgehead atoms. The molecule has 0 N–H and O–H groups in total. The molecular formula is C85H56N10. The van der Waals surface area contributed by atoms with E-state index in [2.05, 4.69) is 207 Å². The largest absolute Gasteiger partial charge is 0.265 e. The molecular weight excluding hydrogens is 1160 g/mol. The summed E-state index contributed by atoms with van der Waals surface area (Å²) in [7, 11) is 0. The highest BCUT2D eigenvalue weighted by Crippen LogP contribution is 2.61. The summed E-state index contributed by atoms with van der Waals surface area (Å²) in [5.41, 5.74) is 23.6. The van der Waals surface area contributed by atoms with Crippen molar-refractivity contribution in [3.8, 4) is 119 Å². The highest BCUT2D eigenvalue weighted by atomic mass is 15.3. The first-order chi connectivity index (χ1) is 46.8. The van der Waals surface area contributed by atoms with Gasteiger partial charge in [0.2, 0.25) is 0 Å². The van der Waals surface area contributed by atoms with Gasteiger partial charge in [-0.15, -0.1) is 0 Å². The van der Waals surface area contributed by atoms with E-state index in [9.17, 15) is 0 Å². The number of hydrogen-bond donors (Lipinski definition) is 0. The van der Waals surface area contributed by atoms with Crippen LogP contribution in [-0.4, -0.2) is 49.7 Å². The molecule has 95 heavy (non-hydrogen) atoms. The molecule has 0 spiro atoms. The number of para-hydroxylation sites is 1. The van der Waals surface area contributed by atoms with Gasteiger partial charge >= 0.3 is 0 Å². The molecule has 0 saturated carbocycles. The van der Waals surface area contributed by atoms with Gasteiger partial charge in [0.15, 0.2) is 17.5 Å². The van der Waals surface area contributed by atoms with Crippen molar-refractivity contribution in [2.24, 2.45) is 0 Å². The van der Waals surface area contributed by atoms with Gasteiger partial charge < -0.3 is 0 Å². The van der Waals surface area contributed by atoms with Crippen molar-refractivity contribution in [3.05, 3.63) is 337 Å². The molecule has 0 radical (unpaired) electrons. The standard InChI is InChI=1S/C85H56N10/c1-84(2)69-35-17-15-33-64(69)65-39-37-60(49-70(65)84)74-50-71-76(79(89-74)55-23-9-4-10-24-55)67-40-42-75-68(52-88-95(75)83-90-73-36-18-16-34-66(73)78(91-83)54-21-7-3-8-22-54)77(67)85(71,62-32-20-29-58(48-62)53-43-45-86-46-44-53)63-38-41-72(87-51-63)59-30-19-31-61(47-59)82-93-80(56-25-11-5-12-26-56)92-81(94-82)57-27-13-6-14-28-57/h3-52H,1-2H3. The fourth-order valence-electron chi connectivity index (χ4n) is 14.7. The first kappa shape index (κ1) is 55.3. The Morgan fingerprint density at radius 3 is 1.66 bits per heavy atom. The number of pyridine rings is 3. The summed E-state index contributed by atoms with van der Waals surface area (Å²) >= 11 is 0. The number of hydrogen-bond acceptors (Lipinski definition) is 9.